The van der Waals surface area contributed by atoms with E-state index in [1.54, 1.807) is 11.3 Å². The molecule has 0 unspecified atom stereocenters. The van der Waals surface area contributed by atoms with E-state index in [0.29, 0.717) is 19.8 Å². The number of nitrogens with zero attached hydrogens (tertiary/aromatic N) is 1. The predicted molar refractivity (Wildman–Crippen MR) is 92.7 cm³/mol. The number of carbonyl (C=O) groups excluding carboxylic acids is 1. The molecule has 1 N–H and O–H groups in total. The first-order chi connectivity index (χ1) is 11.8. The molecule has 1 fully saturated rings. The molecule has 2 aliphatic rings. The number of likely N-dealkylation sites (tertiary alicyclic amines) is 1. The summed E-state index contributed by atoms with van der Waals surface area (Å²) in [7, 11) is 0. The van der Waals surface area contributed by atoms with Crippen molar-refractivity contribution in [1.29, 1.82) is 0 Å². The smallest absolute Gasteiger partial charge is 0.318 e. The van der Waals surface area contributed by atoms with Crippen molar-refractivity contribution in [2.45, 2.75) is 25.4 Å². The second kappa shape index (κ2) is 6.73. The third-order valence-electron chi connectivity index (χ3n) is 4.44. The van der Waals surface area contributed by atoms with Crippen LogP contribution in [-0.2, 0) is 6.54 Å². The van der Waals surface area contributed by atoms with Crippen LogP contribution in [0.25, 0.3) is 0 Å². The van der Waals surface area contributed by atoms with Gasteiger partial charge in [0.2, 0.25) is 0 Å². The zero-order valence-corrected chi connectivity index (χ0v) is 14.2. The number of hydrogen-bond donors (Lipinski definition) is 1. The van der Waals surface area contributed by atoms with E-state index in [2.05, 4.69) is 16.8 Å². The van der Waals surface area contributed by atoms with Crippen LogP contribution in [0.2, 0.25) is 0 Å². The first-order valence-electron chi connectivity index (χ1n) is 8.27. The number of ether oxygens (including phenoxy) is 2. The van der Waals surface area contributed by atoms with Crippen molar-refractivity contribution < 1.29 is 14.3 Å². The third-order valence-corrected chi connectivity index (χ3v) is 5.41. The van der Waals surface area contributed by atoms with Gasteiger partial charge in [-0.05, 0) is 42.0 Å². The standard InChI is InChI=1S/C18H20N2O3S/c21-18(20-7-1-3-14(20)17-4-2-10-24-17)19-12-13-5-6-15-16(11-13)23-9-8-22-15/h2,4-6,10-11,14H,1,3,7-9,12H2,(H,19,21)/t14-/m1/s1. The highest BCUT2D eigenvalue weighted by atomic mass is 32.1. The van der Waals surface area contributed by atoms with Gasteiger partial charge in [0, 0.05) is 18.0 Å². The lowest BCUT2D eigenvalue weighted by atomic mass is 10.2. The molecule has 126 valence electrons. The van der Waals surface area contributed by atoms with Crippen molar-refractivity contribution in [2.75, 3.05) is 19.8 Å². The highest BCUT2D eigenvalue weighted by Gasteiger charge is 2.30. The van der Waals surface area contributed by atoms with Gasteiger partial charge in [-0.2, -0.15) is 0 Å². The van der Waals surface area contributed by atoms with E-state index in [9.17, 15) is 4.79 Å². The molecule has 0 spiro atoms. The van der Waals surface area contributed by atoms with Crippen molar-refractivity contribution in [3.05, 3.63) is 46.2 Å². The number of fused-ring (bicyclic) bond motifs is 1. The van der Waals surface area contributed by atoms with Gasteiger partial charge < -0.3 is 19.7 Å². The van der Waals surface area contributed by atoms with Crippen molar-refractivity contribution in [2.24, 2.45) is 0 Å². The normalized spacial score (nSPS) is 19.3. The Morgan fingerprint density at radius 2 is 2.12 bits per heavy atom. The molecule has 1 atom stereocenters. The van der Waals surface area contributed by atoms with E-state index in [0.717, 1.165) is 36.4 Å². The molecule has 3 heterocycles. The summed E-state index contributed by atoms with van der Waals surface area (Å²) < 4.78 is 11.1. The summed E-state index contributed by atoms with van der Waals surface area (Å²) in [5.74, 6) is 1.53. The molecule has 0 saturated carbocycles. The van der Waals surface area contributed by atoms with E-state index < -0.39 is 0 Å². The van der Waals surface area contributed by atoms with Crippen LogP contribution in [0, 0.1) is 0 Å². The van der Waals surface area contributed by atoms with Crippen LogP contribution >= 0.6 is 11.3 Å². The summed E-state index contributed by atoms with van der Waals surface area (Å²) in [4.78, 5) is 15.8. The molecule has 5 nitrogen and oxygen atoms in total. The first kappa shape index (κ1) is 15.3. The van der Waals surface area contributed by atoms with Gasteiger partial charge >= 0.3 is 6.03 Å². The number of amides is 2. The van der Waals surface area contributed by atoms with Crippen LogP contribution in [0.4, 0.5) is 4.79 Å². The quantitative estimate of drug-likeness (QED) is 0.926. The fourth-order valence-electron chi connectivity index (χ4n) is 3.26. The second-order valence-corrected chi connectivity index (χ2v) is 6.98. The maximum absolute atomic E-state index is 12.6. The molecule has 24 heavy (non-hydrogen) atoms. The zero-order valence-electron chi connectivity index (χ0n) is 13.4. The third kappa shape index (κ3) is 3.06. The molecule has 0 bridgehead atoms. The van der Waals surface area contributed by atoms with Crippen molar-refractivity contribution in [3.8, 4) is 11.5 Å². The first-order valence-corrected chi connectivity index (χ1v) is 9.15. The largest absolute Gasteiger partial charge is 0.486 e. The topological polar surface area (TPSA) is 50.8 Å². The van der Waals surface area contributed by atoms with Gasteiger partial charge in [-0.15, -0.1) is 11.3 Å². The van der Waals surface area contributed by atoms with Crippen LogP contribution < -0.4 is 14.8 Å². The Kier molecular flexibility index (Phi) is 4.30. The minimum absolute atomic E-state index is 0.000731. The number of nitrogens with one attached hydrogen (secondary N) is 1. The summed E-state index contributed by atoms with van der Waals surface area (Å²) in [6, 6.07) is 10.2. The van der Waals surface area contributed by atoms with Gasteiger partial charge in [-0.3, -0.25) is 0 Å². The second-order valence-electron chi connectivity index (χ2n) is 6.00. The fraction of sp³-hybridized carbons (Fsp3) is 0.389. The van der Waals surface area contributed by atoms with Gasteiger partial charge in [0.05, 0.1) is 6.04 Å². The lowest BCUT2D eigenvalue weighted by Crippen LogP contribution is -2.38. The van der Waals surface area contributed by atoms with Crippen LogP contribution in [-0.4, -0.2) is 30.7 Å². The molecule has 0 aliphatic carbocycles. The number of rotatable bonds is 3. The number of thiophene rings is 1. The summed E-state index contributed by atoms with van der Waals surface area (Å²) in [6.07, 6.45) is 2.10. The van der Waals surface area contributed by atoms with Crippen LogP contribution in [0.3, 0.4) is 0 Å². The highest BCUT2D eigenvalue weighted by molar-refractivity contribution is 7.10. The summed E-state index contributed by atoms with van der Waals surface area (Å²) in [6.45, 7) is 2.46. The minimum Gasteiger partial charge on any atom is -0.486 e. The zero-order chi connectivity index (χ0) is 16.4. The Labute approximate surface area is 145 Å². The molecule has 2 aromatic rings. The van der Waals surface area contributed by atoms with Crippen LogP contribution in [0.1, 0.15) is 29.3 Å². The van der Waals surface area contributed by atoms with E-state index in [1.807, 2.05) is 29.2 Å². The number of benzene rings is 1. The maximum Gasteiger partial charge on any atom is 0.318 e. The number of urea groups is 1. The van der Waals surface area contributed by atoms with Crippen molar-refractivity contribution >= 4 is 17.4 Å². The monoisotopic (exact) mass is 344 g/mol. The van der Waals surface area contributed by atoms with Gasteiger partial charge in [0.25, 0.3) is 0 Å². The summed E-state index contributed by atoms with van der Waals surface area (Å²) >= 11 is 1.72. The Hall–Kier alpha value is -2.21. The Morgan fingerprint density at radius 3 is 2.96 bits per heavy atom. The van der Waals surface area contributed by atoms with Crippen molar-refractivity contribution in [1.82, 2.24) is 10.2 Å². The van der Waals surface area contributed by atoms with E-state index in [-0.39, 0.29) is 12.1 Å². The molecule has 0 radical (unpaired) electrons. The minimum atomic E-state index is 0.000731. The molecule has 6 heteroatoms. The number of carbonyl (C=O) groups is 1. The SMILES string of the molecule is O=C(NCc1ccc2c(c1)OCCO2)N1CCC[C@@H]1c1cccs1. The average Bonchev–Trinajstić information content (AvgIpc) is 3.30. The van der Waals surface area contributed by atoms with Crippen LogP contribution in [0.15, 0.2) is 35.7 Å². The molecular weight excluding hydrogens is 324 g/mol. The summed E-state index contributed by atoms with van der Waals surface area (Å²) in [5, 5.41) is 5.10. The average molecular weight is 344 g/mol. The van der Waals surface area contributed by atoms with E-state index >= 15 is 0 Å². The van der Waals surface area contributed by atoms with Gasteiger partial charge in [0.1, 0.15) is 13.2 Å². The van der Waals surface area contributed by atoms with E-state index in [4.69, 9.17) is 9.47 Å². The molecule has 1 aromatic heterocycles. The molecule has 4 rings (SSSR count). The Bertz CT molecular complexity index is 717. The summed E-state index contributed by atoms with van der Waals surface area (Å²) in [5.41, 5.74) is 1.01. The fourth-order valence-corrected chi connectivity index (χ4v) is 4.14. The molecule has 1 saturated heterocycles. The van der Waals surface area contributed by atoms with Gasteiger partial charge in [-0.25, -0.2) is 4.79 Å². The molecule has 1 aromatic carbocycles. The highest BCUT2D eigenvalue weighted by Crippen LogP contribution is 2.34. The molecule has 2 amide bonds. The predicted octanol–water partition coefficient (Wildman–Crippen LogP) is 3.57. The van der Waals surface area contributed by atoms with Gasteiger partial charge in [0.15, 0.2) is 11.5 Å². The number of hydrogen-bond acceptors (Lipinski definition) is 4. The maximum atomic E-state index is 12.6. The Morgan fingerprint density at radius 1 is 1.25 bits per heavy atom. The lowest BCUT2D eigenvalue weighted by molar-refractivity contribution is 0.171. The molecular formula is C18H20N2O3S. The van der Waals surface area contributed by atoms with E-state index in [1.165, 1.54) is 4.88 Å². The molecule has 2 aliphatic heterocycles. The Balaban J connectivity index is 1.39. The van der Waals surface area contributed by atoms with Crippen LogP contribution in [0.5, 0.6) is 11.5 Å². The van der Waals surface area contributed by atoms with Crippen molar-refractivity contribution in [3.63, 3.8) is 0 Å². The lowest BCUT2D eigenvalue weighted by Gasteiger charge is -2.24. The van der Waals surface area contributed by atoms with Gasteiger partial charge in [-0.1, -0.05) is 12.1 Å².